The van der Waals surface area contributed by atoms with Gasteiger partial charge in [0, 0.05) is 61.1 Å². The van der Waals surface area contributed by atoms with Crippen molar-refractivity contribution in [1.82, 2.24) is 10.6 Å². The first-order valence-corrected chi connectivity index (χ1v) is 34.6. The van der Waals surface area contributed by atoms with E-state index < -0.39 is 50.0 Å². The van der Waals surface area contributed by atoms with Crippen molar-refractivity contribution in [2.24, 2.45) is 0 Å². The number of amides is 6. The van der Waals surface area contributed by atoms with E-state index in [0.717, 1.165) is 48.8 Å². The molecule has 0 radical (unpaired) electrons. The van der Waals surface area contributed by atoms with Gasteiger partial charge in [0.25, 0.3) is 31.9 Å². The van der Waals surface area contributed by atoms with Gasteiger partial charge in [-0.05, 0) is 181 Å². The summed E-state index contributed by atoms with van der Waals surface area (Å²) in [6, 6.07) is 58.1. The van der Waals surface area contributed by atoms with Crippen LogP contribution >= 0.6 is 0 Å². The van der Waals surface area contributed by atoms with Crippen molar-refractivity contribution in [2.75, 3.05) is 56.2 Å². The second-order valence-corrected chi connectivity index (χ2v) is 27.3. The molecule has 0 bridgehead atoms. The maximum absolute atomic E-state index is 13.9. The quantitative estimate of drug-likeness (QED) is 0.0330. The van der Waals surface area contributed by atoms with Gasteiger partial charge in [-0.25, -0.2) is 26.4 Å². The summed E-state index contributed by atoms with van der Waals surface area (Å²) in [5.41, 5.74) is 8.83. The monoisotopic (exact) mass is 1330 g/mol. The Labute approximate surface area is 560 Å². The lowest BCUT2D eigenvalue weighted by atomic mass is 9.84. The smallest absolute Gasteiger partial charge is 0.326 e. The number of para-hydroxylation sites is 2. The fourth-order valence-corrected chi connectivity index (χ4v) is 13.7. The number of carboxylic acid groups (broad SMARTS) is 2. The molecule has 96 heavy (non-hydrogen) atoms. The molecule has 0 atom stereocenters. The molecule has 6 amide bonds. The number of anilines is 6. The number of benzene rings is 8. The summed E-state index contributed by atoms with van der Waals surface area (Å²) in [4.78, 5) is 77.4. The minimum atomic E-state index is -3.91. The van der Waals surface area contributed by atoms with Crippen molar-refractivity contribution in [1.29, 1.82) is 0 Å². The zero-order valence-corrected chi connectivity index (χ0v) is 55.1. The van der Waals surface area contributed by atoms with Gasteiger partial charge in [0.1, 0.15) is 0 Å². The van der Waals surface area contributed by atoms with Gasteiger partial charge >= 0.3 is 24.0 Å². The molecule has 8 aromatic carbocycles. The number of carboxylic acids is 2. The van der Waals surface area contributed by atoms with Crippen molar-refractivity contribution in [2.45, 2.75) is 99.4 Å². The highest BCUT2D eigenvalue weighted by atomic mass is 32.2. The second kappa shape index (κ2) is 33.0. The summed E-state index contributed by atoms with van der Waals surface area (Å²) < 4.78 is 56.1. The van der Waals surface area contributed by atoms with Gasteiger partial charge in [-0.1, -0.05) is 122 Å². The minimum absolute atomic E-state index is 0.0157. The van der Waals surface area contributed by atoms with Crippen molar-refractivity contribution in [3.05, 3.63) is 246 Å². The summed E-state index contributed by atoms with van der Waals surface area (Å²) in [6.07, 6.45) is 12.3. The van der Waals surface area contributed by atoms with E-state index in [1.807, 2.05) is 48.5 Å². The predicted molar refractivity (Wildman–Crippen MR) is 375 cm³/mol. The molecule has 0 aliphatic heterocycles. The lowest BCUT2D eigenvalue weighted by molar-refractivity contribution is -0.137. The first-order chi connectivity index (χ1) is 46.2. The average molecular weight is 1340 g/mol. The number of sulfonamides is 2. The summed E-state index contributed by atoms with van der Waals surface area (Å²) >= 11 is 0. The molecule has 2 aliphatic rings. The number of hydrogen-bond donors (Lipinski definition) is 6. The van der Waals surface area contributed by atoms with E-state index in [0.29, 0.717) is 51.2 Å². The van der Waals surface area contributed by atoms with Crippen LogP contribution in [0.4, 0.5) is 43.7 Å². The highest BCUT2D eigenvalue weighted by Crippen LogP contribution is 2.35. The van der Waals surface area contributed by atoms with Gasteiger partial charge < -0.3 is 31.5 Å². The fourth-order valence-electron chi connectivity index (χ4n) is 11.3. The van der Waals surface area contributed by atoms with E-state index in [-0.39, 0.29) is 54.7 Å². The molecule has 10 rings (SSSR count). The molecular weight excluding hydrogens is 1260 g/mol. The summed E-state index contributed by atoms with van der Waals surface area (Å²) in [5, 5.41) is 28.6. The Morgan fingerprint density at radius 3 is 1.29 bits per heavy atom. The third-order valence-corrected chi connectivity index (χ3v) is 20.3. The normalized spacial score (nSPS) is 13.1. The zero-order valence-electron chi connectivity index (χ0n) is 53.5. The Kier molecular flexibility index (Phi) is 24.0. The summed E-state index contributed by atoms with van der Waals surface area (Å²) in [6.45, 7) is 0.362. The molecule has 2 aliphatic carbocycles. The first kappa shape index (κ1) is 69.8. The van der Waals surface area contributed by atoms with E-state index in [4.69, 9.17) is 10.2 Å². The topological polar surface area (TPSA) is 272 Å². The molecule has 22 heteroatoms. The molecule has 0 heterocycles. The first-order valence-electron chi connectivity index (χ1n) is 31.8. The zero-order chi connectivity index (χ0) is 68.2. The Balaban J connectivity index is 0.000000225. The maximum atomic E-state index is 13.9. The molecule has 0 spiro atoms. The van der Waals surface area contributed by atoms with Crippen LogP contribution in [0.2, 0.25) is 0 Å². The van der Waals surface area contributed by atoms with Crippen molar-refractivity contribution < 1.29 is 55.8 Å². The van der Waals surface area contributed by atoms with Crippen molar-refractivity contribution in [3.8, 4) is 0 Å². The number of nitrogens with one attached hydrogen (secondary N) is 4. The maximum Gasteiger partial charge on any atom is 0.326 e. The minimum Gasteiger partial charge on any atom is -0.481 e. The molecule has 0 saturated heterocycles. The van der Waals surface area contributed by atoms with Gasteiger partial charge in [-0.2, -0.15) is 0 Å². The van der Waals surface area contributed by atoms with Crippen molar-refractivity contribution in [3.63, 3.8) is 0 Å². The Morgan fingerprint density at radius 1 is 0.458 bits per heavy atom. The Hall–Kier alpha value is -10.6. The van der Waals surface area contributed by atoms with E-state index in [2.05, 4.69) is 39.5 Å². The molecular formula is C74H78N8O12S2. The average Bonchev–Trinajstić information content (AvgIpc) is 0.842. The van der Waals surface area contributed by atoms with Crippen LogP contribution in [-0.4, -0.2) is 90.0 Å². The van der Waals surface area contributed by atoms with Gasteiger partial charge in [0.15, 0.2) is 0 Å². The molecule has 20 nitrogen and oxygen atoms in total. The number of carbonyl (C=O) groups is 6. The van der Waals surface area contributed by atoms with Crippen LogP contribution in [0.15, 0.2) is 222 Å². The standard InChI is InChI=1S/C37H40N4O6S.C37H38N4O6S/c2*1-40(32-12-6-3-7-13-32)48(46,47)34-14-8-11-31(25-34)39-37(45)41(33-21-19-29(20-22-33)28-9-4-2-5-10-28)26-27-15-17-30(18-16-27)36(44)38-24-23-35(42)43/h3,6-8,11-22,25,28H,2,4-5,9-10,23-24,26H2,1H3,(H,38,44)(H,39,45)(H,42,43);3,6-9,11-22,25H,2,4-5,10,23-24,26H2,1H3,(H,38,44)(H,39,45)(H,42,43). The fraction of sp³-hybridized carbons (Fsp3) is 0.243. The number of urea groups is 2. The van der Waals surface area contributed by atoms with Crippen molar-refractivity contribution >= 4 is 95.6 Å². The largest absolute Gasteiger partial charge is 0.481 e. The highest BCUT2D eigenvalue weighted by molar-refractivity contribution is 7.93. The third kappa shape index (κ3) is 18.8. The number of hydrogen-bond acceptors (Lipinski definition) is 10. The Morgan fingerprint density at radius 2 is 0.885 bits per heavy atom. The molecule has 0 unspecified atom stereocenters. The van der Waals surface area contributed by atoms with Gasteiger partial charge in [0.2, 0.25) is 0 Å². The number of nitrogens with zero attached hydrogens (tertiary/aromatic N) is 4. The highest BCUT2D eigenvalue weighted by Gasteiger charge is 2.26. The predicted octanol–water partition coefficient (Wildman–Crippen LogP) is 13.9. The molecule has 1 saturated carbocycles. The van der Waals surface area contributed by atoms with Crippen LogP contribution < -0.4 is 39.7 Å². The van der Waals surface area contributed by atoms with Crippen LogP contribution in [0.3, 0.4) is 0 Å². The van der Waals surface area contributed by atoms with E-state index in [9.17, 15) is 45.6 Å². The summed E-state index contributed by atoms with van der Waals surface area (Å²) in [5.74, 6) is -2.27. The van der Waals surface area contributed by atoms with Gasteiger partial charge in [0.05, 0.1) is 47.1 Å². The van der Waals surface area contributed by atoms with Gasteiger partial charge in [-0.3, -0.25) is 37.6 Å². The lowest BCUT2D eigenvalue weighted by Gasteiger charge is -2.26. The molecule has 6 N–H and O–H groups in total. The SMILES string of the molecule is CN(c1ccccc1)S(=O)(=O)c1cccc(NC(=O)N(Cc2ccc(C(=O)NCCC(=O)O)cc2)c2ccc(C3=CCCCC3)cc2)c1.CN(c1ccccc1)S(=O)(=O)c1cccc(NC(=O)N(Cc2ccc(C(=O)NCCC(=O)O)cc2)c2ccc(C3CCCCC3)cc2)c1. The number of rotatable bonds is 24. The molecule has 498 valence electrons. The van der Waals surface area contributed by atoms with E-state index >= 15 is 0 Å². The lowest BCUT2D eigenvalue weighted by Crippen LogP contribution is -2.34. The molecule has 0 aromatic heterocycles. The molecule has 8 aromatic rings. The number of allylic oxidation sites excluding steroid dienone is 2. The number of carbonyl (C=O) groups excluding carboxylic acids is 4. The van der Waals surface area contributed by atoms with Crippen LogP contribution in [0.1, 0.15) is 120 Å². The molecule has 1 fully saturated rings. The number of aliphatic carboxylic acids is 2. The van der Waals surface area contributed by atoms with E-state index in [1.165, 1.54) is 83.8 Å². The third-order valence-electron chi connectivity index (χ3n) is 16.7. The Bertz CT molecular complexity index is 4270. The van der Waals surface area contributed by atoms with Crippen LogP contribution in [-0.2, 0) is 42.7 Å². The second-order valence-electron chi connectivity index (χ2n) is 23.3. The van der Waals surface area contributed by atoms with Crippen LogP contribution in [0.25, 0.3) is 5.57 Å². The van der Waals surface area contributed by atoms with Crippen LogP contribution in [0.5, 0.6) is 0 Å². The van der Waals surface area contributed by atoms with Crippen LogP contribution in [0, 0.1) is 0 Å². The van der Waals surface area contributed by atoms with E-state index in [1.54, 1.807) is 131 Å². The summed E-state index contributed by atoms with van der Waals surface area (Å²) in [7, 11) is -4.84. The van der Waals surface area contributed by atoms with Gasteiger partial charge in [-0.15, -0.1) is 0 Å².